The van der Waals surface area contributed by atoms with E-state index in [2.05, 4.69) is 10.6 Å². The van der Waals surface area contributed by atoms with Gasteiger partial charge in [0.2, 0.25) is 5.78 Å². The van der Waals surface area contributed by atoms with Gasteiger partial charge in [0.15, 0.2) is 6.61 Å². The second-order valence-electron chi connectivity index (χ2n) is 6.32. The number of rotatable bonds is 6. The predicted molar refractivity (Wildman–Crippen MR) is 103 cm³/mol. The largest absolute Gasteiger partial charge is 0.454 e. The second kappa shape index (κ2) is 7.70. The average Bonchev–Trinajstić information content (AvgIpc) is 3.23. The van der Waals surface area contributed by atoms with E-state index in [-0.39, 0.29) is 12.4 Å². The van der Waals surface area contributed by atoms with Gasteiger partial charge in [0, 0.05) is 21.8 Å². The summed E-state index contributed by atoms with van der Waals surface area (Å²) in [5.74, 6) is -0.661. The number of benzene rings is 1. The predicted octanol–water partition coefficient (Wildman–Crippen LogP) is 4.56. The smallest absolute Gasteiger partial charge is 0.338 e. The van der Waals surface area contributed by atoms with Gasteiger partial charge >= 0.3 is 5.97 Å². The first kappa shape index (κ1) is 18.1. The Morgan fingerprint density at radius 2 is 1.88 bits per heavy atom. The Kier molecular flexibility index (Phi) is 5.38. The van der Waals surface area contributed by atoms with Gasteiger partial charge in [-0.2, -0.15) is 0 Å². The molecular weight excluding hydrogens is 346 g/mol. The highest BCUT2D eigenvalue weighted by Crippen LogP contribution is 2.20. The molecule has 0 amide bonds. The van der Waals surface area contributed by atoms with Gasteiger partial charge in [-0.15, -0.1) is 11.3 Å². The summed E-state index contributed by atoms with van der Waals surface area (Å²) in [6, 6.07) is 13.1. The molecular formula is C21H21NO3S. The molecule has 0 saturated heterocycles. The SMILES string of the molecule is Cc1cccc(C(=O)OCC(=O)c2cc(C)n(Cc3cccs3)c2C)c1. The molecule has 2 aromatic heterocycles. The number of aryl methyl sites for hydroxylation is 2. The molecule has 26 heavy (non-hydrogen) atoms. The van der Waals surface area contributed by atoms with E-state index in [4.69, 9.17) is 4.74 Å². The zero-order chi connectivity index (χ0) is 18.7. The lowest BCUT2D eigenvalue weighted by atomic mass is 10.1. The van der Waals surface area contributed by atoms with Crippen molar-refractivity contribution in [1.29, 1.82) is 0 Å². The number of carbonyl (C=O) groups excluding carboxylic acids is 2. The molecule has 0 fully saturated rings. The van der Waals surface area contributed by atoms with Crippen molar-refractivity contribution in [2.45, 2.75) is 27.3 Å². The average molecular weight is 367 g/mol. The molecule has 3 aromatic rings. The summed E-state index contributed by atoms with van der Waals surface area (Å²) in [5, 5.41) is 2.04. The summed E-state index contributed by atoms with van der Waals surface area (Å²) in [5.41, 5.74) is 3.96. The van der Waals surface area contributed by atoms with Crippen LogP contribution in [0.25, 0.3) is 0 Å². The van der Waals surface area contributed by atoms with Crippen LogP contribution < -0.4 is 0 Å². The van der Waals surface area contributed by atoms with Gasteiger partial charge in [-0.05, 0) is 50.4 Å². The first-order chi connectivity index (χ1) is 12.5. The number of Topliss-reactive ketones (excluding diaryl/α,β-unsaturated/α-hetero) is 1. The Morgan fingerprint density at radius 3 is 2.58 bits per heavy atom. The fourth-order valence-corrected chi connectivity index (χ4v) is 3.64. The van der Waals surface area contributed by atoms with Crippen molar-refractivity contribution in [2.24, 2.45) is 0 Å². The molecule has 4 nitrogen and oxygen atoms in total. The fraction of sp³-hybridized carbons (Fsp3) is 0.238. The molecule has 0 bridgehead atoms. The Labute approximate surface area is 157 Å². The third kappa shape index (κ3) is 3.94. The highest BCUT2D eigenvalue weighted by molar-refractivity contribution is 7.09. The number of ether oxygens (including phenoxy) is 1. The maximum absolute atomic E-state index is 12.5. The summed E-state index contributed by atoms with van der Waals surface area (Å²) in [6.07, 6.45) is 0. The molecule has 0 saturated carbocycles. The standard InChI is InChI=1S/C21H21NO3S/c1-14-6-4-7-17(10-14)21(24)25-13-20(23)19-11-15(2)22(16(19)3)12-18-8-5-9-26-18/h4-11H,12-13H2,1-3H3. The lowest BCUT2D eigenvalue weighted by molar-refractivity contribution is 0.0474. The minimum atomic E-state index is -0.477. The van der Waals surface area contributed by atoms with E-state index in [1.165, 1.54) is 4.88 Å². The molecule has 0 aliphatic carbocycles. The highest BCUT2D eigenvalue weighted by atomic mass is 32.1. The van der Waals surface area contributed by atoms with E-state index in [0.717, 1.165) is 23.5 Å². The monoisotopic (exact) mass is 367 g/mol. The first-order valence-electron chi connectivity index (χ1n) is 8.42. The minimum absolute atomic E-state index is 0.184. The molecule has 0 aliphatic rings. The first-order valence-corrected chi connectivity index (χ1v) is 9.30. The summed E-state index contributed by atoms with van der Waals surface area (Å²) >= 11 is 1.69. The Balaban J connectivity index is 1.69. The number of hydrogen-bond acceptors (Lipinski definition) is 4. The van der Waals surface area contributed by atoms with Crippen molar-refractivity contribution in [3.63, 3.8) is 0 Å². The zero-order valence-corrected chi connectivity index (χ0v) is 15.9. The number of ketones is 1. The molecule has 0 aliphatic heterocycles. The number of thiophene rings is 1. The van der Waals surface area contributed by atoms with Crippen LogP contribution in [0.4, 0.5) is 0 Å². The van der Waals surface area contributed by atoms with E-state index in [1.54, 1.807) is 29.5 Å². The van der Waals surface area contributed by atoms with Crippen molar-refractivity contribution in [1.82, 2.24) is 4.57 Å². The number of carbonyl (C=O) groups is 2. The molecule has 1 aromatic carbocycles. The molecule has 3 rings (SSSR count). The molecule has 0 radical (unpaired) electrons. The molecule has 134 valence electrons. The van der Waals surface area contributed by atoms with Crippen molar-refractivity contribution >= 4 is 23.1 Å². The fourth-order valence-electron chi connectivity index (χ4n) is 2.95. The van der Waals surface area contributed by atoms with Crippen LogP contribution in [0.3, 0.4) is 0 Å². The summed E-state index contributed by atoms with van der Waals surface area (Å²) in [7, 11) is 0. The number of nitrogens with zero attached hydrogens (tertiary/aromatic N) is 1. The maximum Gasteiger partial charge on any atom is 0.338 e. The van der Waals surface area contributed by atoms with Gasteiger partial charge in [-0.3, -0.25) is 4.79 Å². The third-order valence-electron chi connectivity index (χ3n) is 4.36. The minimum Gasteiger partial charge on any atom is -0.454 e. The van der Waals surface area contributed by atoms with E-state index in [1.807, 2.05) is 44.4 Å². The molecule has 0 N–H and O–H groups in total. The van der Waals surface area contributed by atoms with Crippen molar-refractivity contribution in [3.05, 3.63) is 80.8 Å². The van der Waals surface area contributed by atoms with Gasteiger partial charge in [-0.1, -0.05) is 23.8 Å². The van der Waals surface area contributed by atoms with Crippen molar-refractivity contribution in [2.75, 3.05) is 6.61 Å². The van der Waals surface area contributed by atoms with Gasteiger partial charge in [0.1, 0.15) is 0 Å². The quantitative estimate of drug-likeness (QED) is 0.474. The lowest BCUT2D eigenvalue weighted by Gasteiger charge is -2.08. The van der Waals surface area contributed by atoms with Crippen molar-refractivity contribution < 1.29 is 14.3 Å². The van der Waals surface area contributed by atoms with E-state index >= 15 is 0 Å². The normalized spacial score (nSPS) is 10.7. The summed E-state index contributed by atoms with van der Waals surface area (Å²) in [4.78, 5) is 25.9. The van der Waals surface area contributed by atoms with Gasteiger partial charge in [-0.25, -0.2) is 4.79 Å². The van der Waals surface area contributed by atoms with Crippen LogP contribution in [-0.2, 0) is 11.3 Å². The lowest BCUT2D eigenvalue weighted by Crippen LogP contribution is -2.15. The Hall–Kier alpha value is -2.66. The Morgan fingerprint density at radius 1 is 1.08 bits per heavy atom. The van der Waals surface area contributed by atoms with E-state index in [9.17, 15) is 9.59 Å². The van der Waals surface area contributed by atoms with Crippen LogP contribution >= 0.6 is 11.3 Å². The van der Waals surface area contributed by atoms with E-state index < -0.39 is 5.97 Å². The molecule has 5 heteroatoms. The highest BCUT2D eigenvalue weighted by Gasteiger charge is 2.18. The Bertz CT molecular complexity index is 938. The molecule has 0 spiro atoms. The van der Waals surface area contributed by atoms with Crippen LogP contribution in [0.5, 0.6) is 0 Å². The van der Waals surface area contributed by atoms with Gasteiger partial charge < -0.3 is 9.30 Å². The molecule has 2 heterocycles. The van der Waals surface area contributed by atoms with Crippen LogP contribution in [-0.4, -0.2) is 22.9 Å². The van der Waals surface area contributed by atoms with Crippen molar-refractivity contribution in [3.8, 4) is 0 Å². The molecule has 0 atom stereocenters. The van der Waals surface area contributed by atoms with Gasteiger partial charge in [0.25, 0.3) is 0 Å². The number of aromatic nitrogens is 1. The second-order valence-corrected chi connectivity index (χ2v) is 7.35. The topological polar surface area (TPSA) is 48.3 Å². The van der Waals surface area contributed by atoms with Gasteiger partial charge in [0.05, 0.1) is 12.1 Å². The zero-order valence-electron chi connectivity index (χ0n) is 15.1. The van der Waals surface area contributed by atoms with Crippen LogP contribution in [0.1, 0.15) is 42.5 Å². The number of esters is 1. The maximum atomic E-state index is 12.5. The molecule has 0 unspecified atom stereocenters. The van der Waals surface area contributed by atoms with Crippen LogP contribution in [0.15, 0.2) is 47.8 Å². The van der Waals surface area contributed by atoms with Crippen LogP contribution in [0, 0.1) is 20.8 Å². The van der Waals surface area contributed by atoms with Crippen LogP contribution in [0.2, 0.25) is 0 Å². The van der Waals surface area contributed by atoms with E-state index in [0.29, 0.717) is 11.1 Å². The summed E-state index contributed by atoms with van der Waals surface area (Å²) < 4.78 is 7.33. The summed E-state index contributed by atoms with van der Waals surface area (Å²) in [6.45, 7) is 6.30. The number of hydrogen-bond donors (Lipinski definition) is 0. The third-order valence-corrected chi connectivity index (χ3v) is 5.22.